The molecule has 0 fully saturated rings. The van der Waals surface area contributed by atoms with Gasteiger partial charge in [-0.2, -0.15) is 10.5 Å². The molecular formula is C13H13ClN2. The molecule has 0 atom stereocenters. The van der Waals surface area contributed by atoms with Crippen molar-refractivity contribution in [2.45, 2.75) is 26.7 Å². The molecule has 0 amide bonds. The second-order valence-electron chi connectivity index (χ2n) is 4.16. The van der Waals surface area contributed by atoms with Crippen LogP contribution in [-0.2, 0) is 12.8 Å². The maximum Gasteiger partial charge on any atom is 0.101 e. The Bertz CT molecular complexity index is 464. The van der Waals surface area contributed by atoms with Crippen LogP contribution in [0.4, 0.5) is 0 Å². The topological polar surface area (TPSA) is 47.6 Å². The van der Waals surface area contributed by atoms with E-state index in [0.717, 1.165) is 17.5 Å². The van der Waals surface area contributed by atoms with Gasteiger partial charge in [-0.3, -0.25) is 0 Å². The maximum absolute atomic E-state index is 8.95. The summed E-state index contributed by atoms with van der Waals surface area (Å²) in [6.45, 7) is 4.23. The van der Waals surface area contributed by atoms with Crippen molar-refractivity contribution in [1.82, 2.24) is 0 Å². The SMILES string of the molecule is CC(C)Cc1cc(C#N)c(Cl)c(CC#N)c1. The van der Waals surface area contributed by atoms with E-state index in [1.54, 1.807) is 0 Å². The van der Waals surface area contributed by atoms with Crippen LogP contribution in [0.3, 0.4) is 0 Å². The zero-order valence-corrected chi connectivity index (χ0v) is 10.2. The van der Waals surface area contributed by atoms with E-state index in [4.69, 9.17) is 22.1 Å². The van der Waals surface area contributed by atoms with Crippen LogP contribution in [0.2, 0.25) is 5.02 Å². The molecular weight excluding hydrogens is 220 g/mol. The second kappa shape index (κ2) is 5.54. The average Bonchev–Trinajstić information content (AvgIpc) is 2.22. The van der Waals surface area contributed by atoms with Gasteiger partial charge >= 0.3 is 0 Å². The zero-order chi connectivity index (χ0) is 12.1. The highest BCUT2D eigenvalue weighted by Gasteiger charge is 2.09. The van der Waals surface area contributed by atoms with E-state index in [2.05, 4.69) is 26.0 Å². The minimum absolute atomic E-state index is 0.249. The normalized spacial score (nSPS) is 9.88. The Kier molecular flexibility index (Phi) is 4.35. The second-order valence-corrected chi connectivity index (χ2v) is 4.54. The summed E-state index contributed by atoms with van der Waals surface area (Å²) in [5.74, 6) is 0.516. The van der Waals surface area contributed by atoms with Gasteiger partial charge in [0.15, 0.2) is 0 Å². The summed E-state index contributed by atoms with van der Waals surface area (Å²) in [6.07, 6.45) is 1.14. The molecule has 0 aliphatic rings. The fraction of sp³-hybridized carbons (Fsp3) is 0.385. The van der Waals surface area contributed by atoms with Gasteiger partial charge in [0.1, 0.15) is 6.07 Å². The van der Waals surface area contributed by atoms with Crippen molar-refractivity contribution in [2.75, 3.05) is 0 Å². The molecule has 82 valence electrons. The molecule has 0 saturated heterocycles. The third-order valence-corrected chi connectivity index (χ3v) is 2.69. The lowest BCUT2D eigenvalue weighted by atomic mass is 9.97. The van der Waals surface area contributed by atoms with Gasteiger partial charge in [-0.15, -0.1) is 0 Å². The number of hydrogen-bond acceptors (Lipinski definition) is 2. The third-order valence-electron chi connectivity index (χ3n) is 2.24. The lowest BCUT2D eigenvalue weighted by Gasteiger charge is -2.09. The van der Waals surface area contributed by atoms with Crippen LogP contribution in [0, 0.1) is 28.6 Å². The van der Waals surface area contributed by atoms with Crippen molar-refractivity contribution in [1.29, 1.82) is 10.5 Å². The monoisotopic (exact) mass is 232 g/mol. The van der Waals surface area contributed by atoms with Crippen molar-refractivity contribution < 1.29 is 0 Å². The number of nitrogens with zero attached hydrogens (tertiary/aromatic N) is 2. The molecule has 0 unspecified atom stereocenters. The first-order chi connectivity index (χ1) is 7.58. The maximum atomic E-state index is 8.95. The zero-order valence-electron chi connectivity index (χ0n) is 9.42. The first-order valence-electron chi connectivity index (χ1n) is 5.16. The van der Waals surface area contributed by atoms with Crippen LogP contribution in [0.15, 0.2) is 12.1 Å². The molecule has 16 heavy (non-hydrogen) atoms. The summed E-state index contributed by atoms with van der Waals surface area (Å²) in [5, 5.41) is 18.1. The largest absolute Gasteiger partial charge is 0.198 e. The lowest BCUT2D eigenvalue weighted by molar-refractivity contribution is 0.647. The minimum atomic E-state index is 0.249. The summed E-state index contributed by atoms with van der Waals surface area (Å²) >= 11 is 6.02. The summed E-state index contributed by atoms with van der Waals surface area (Å²) in [6, 6.07) is 7.86. The van der Waals surface area contributed by atoms with Crippen molar-refractivity contribution >= 4 is 11.6 Å². The molecule has 0 radical (unpaired) electrons. The highest BCUT2D eigenvalue weighted by molar-refractivity contribution is 6.32. The Labute approximate surface area is 101 Å². The standard InChI is InChI=1S/C13H13ClN2/c1-9(2)5-10-6-11(3-4-15)13(14)12(7-10)8-16/h6-7,9H,3,5H2,1-2H3. The van der Waals surface area contributed by atoms with E-state index in [0.29, 0.717) is 16.5 Å². The Morgan fingerprint density at radius 2 is 2.00 bits per heavy atom. The van der Waals surface area contributed by atoms with E-state index in [1.165, 1.54) is 0 Å². The van der Waals surface area contributed by atoms with E-state index < -0.39 is 0 Å². The molecule has 0 heterocycles. The van der Waals surface area contributed by atoms with E-state index >= 15 is 0 Å². The van der Waals surface area contributed by atoms with Crippen LogP contribution in [0.1, 0.15) is 30.5 Å². The average molecular weight is 233 g/mol. The summed E-state index contributed by atoms with van der Waals surface area (Å²) in [7, 11) is 0. The molecule has 0 N–H and O–H groups in total. The predicted octanol–water partition coefficient (Wildman–Crippen LogP) is 3.48. The van der Waals surface area contributed by atoms with Gasteiger partial charge in [0.25, 0.3) is 0 Å². The van der Waals surface area contributed by atoms with Crippen LogP contribution < -0.4 is 0 Å². The van der Waals surface area contributed by atoms with Gasteiger partial charge < -0.3 is 0 Å². The fourth-order valence-corrected chi connectivity index (χ4v) is 1.85. The Balaban J connectivity index is 3.20. The van der Waals surface area contributed by atoms with Crippen LogP contribution >= 0.6 is 11.6 Å². The van der Waals surface area contributed by atoms with Gasteiger partial charge in [-0.1, -0.05) is 31.5 Å². The van der Waals surface area contributed by atoms with Gasteiger partial charge in [0.2, 0.25) is 0 Å². The number of rotatable bonds is 3. The van der Waals surface area contributed by atoms with Gasteiger partial charge in [0.05, 0.1) is 23.1 Å². The smallest absolute Gasteiger partial charge is 0.101 e. The molecule has 1 aromatic carbocycles. The van der Waals surface area contributed by atoms with Crippen molar-refractivity contribution in [2.24, 2.45) is 5.92 Å². The Morgan fingerprint density at radius 3 is 2.50 bits per heavy atom. The van der Waals surface area contributed by atoms with Gasteiger partial charge in [-0.05, 0) is 29.5 Å². The molecule has 1 aromatic rings. The Hall–Kier alpha value is -1.51. The first kappa shape index (κ1) is 12.6. The fourth-order valence-electron chi connectivity index (χ4n) is 1.63. The quantitative estimate of drug-likeness (QED) is 0.801. The lowest BCUT2D eigenvalue weighted by Crippen LogP contribution is -1.98. The summed E-state index contributed by atoms with van der Waals surface area (Å²) in [5.41, 5.74) is 2.28. The third kappa shape index (κ3) is 2.99. The van der Waals surface area contributed by atoms with Crippen molar-refractivity contribution in [3.05, 3.63) is 33.8 Å². The molecule has 0 aliphatic heterocycles. The molecule has 3 heteroatoms. The number of halogens is 1. The number of benzene rings is 1. The van der Waals surface area contributed by atoms with Gasteiger partial charge in [0, 0.05) is 0 Å². The molecule has 1 rings (SSSR count). The number of hydrogen-bond donors (Lipinski definition) is 0. The molecule has 0 spiro atoms. The van der Waals surface area contributed by atoms with Crippen LogP contribution in [0.25, 0.3) is 0 Å². The van der Waals surface area contributed by atoms with Crippen molar-refractivity contribution in [3.63, 3.8) is 0 Å². The summed E-state index contributed by atoms with van der Waals surface area (Å²) < 4.78 is 0. The highest BCUT2D eigenvalue weighted by atomic mass is 35.5. The first-order valence-corrected chi connectivity index (χ1v) is 5.54. The van der Waals surface area contributed by atoms with Crippen LogP contribution in [0.5, 0.6) is 0 Å². The molecule has 0 bridgehead atoms. The Morgan fingerprint density at radius 1 is 1.31 bits per heavy atom. The van der Waals surface area contributed by atoms with Crippen molar-refractivity contribution in [3.8, 4) is 12.1 Å². The van der Waals surface area contributed by atoms with Gasteiger partial charge in [-0.25, -0.2) is 0 Å². The minimum Gasteiger partial charge on any atom is -0.198 e. The van der Waals surface area contributed by atoms with E-state index in [-0.39, 0.29) is 6.42 Å². The molecule has 2 nitrogen and oxygen atoms in total. The highest BCUT2D eigenvalue weighted by Crippen LogP contribution is 2.24. The van der Waals surface area contributed by atoms with E-state index in [9.17, 15) is 0 Å². The molecule has 0 aromatic heterocycles. The summed E-state index contributed by atoms with van der Waals surface area (Å²) in [4.78, 5) is 0. The number of nitriles is 2. The van der Waals surface area contributed by atoms with E-state index in [1.807, 2.05) is 12.1 Å². The predicted molar refractivity (Wildman–Crippen MR) is 64.0 cm³/mol. The van der Waals surface area contributed by atoms with Crippen LogP contribution in [-0.4, -0.2) is 0 Å². The molecule has 0 saturated carbocycles. The molecule has 0 aliphatic carbocycles.